The molecule has 4 aromatic rings. The Balaban J connectivity index is 1.83. The number of hydrogen-bond donors (Lipinski definition) is 1. The maximum absolute atomic E-state index is 4.42. The van der Waals surface area contributed by atoms with Crippen molar-refractivity contribution in [3.63, 3.8) is 0 Å². The number of nitrogens with zero attached hydrogens (tertiary/aromatic N) is 3. The van der Waals surface area contributed by atoms with Gasteiger partial charge >= 0.3 is 0 Å². The number of anilines is 2. The Kier molecular flexibility index (Phi) is 3.77. The number of aromatic nitrogens is 3. The molecule has 6 heteroatoms. The van der Waals surface area contributed by atoms with Crippen LogP contribution in [0.3, 0.4) is 0 Å². The van der Waals surface area contributed by atoms with Crippen molar-refractivity contribution in [3.8, 4) is 11.1 Å². The molecule has 1 N–H and O–H groups in total. The summed E-state index contributed by atoms with van der Waals surface area (Å²) in [5.74, 6) is 1.52. The largest absolute Gasteiger partial charge is 0.324 e. The first-order chi connectivity index (χ1) is 11.3. The van der Waals surface area contributed by atoms with E-state index in [9.17, 15) is 0 Å². The molecule has 112 valence electrons. The summed E-state index contributed by atoms with van der Waals surface area (Å²) >= 11 is 5.01. The Labute approximate surface area is 145 Å². The summed E-state index contributed by atoms with van der Waals surface area (Å²) in [5, 5.41) is 6.44. The van der Waals surface area contributed by atoms with Crippen molar-refractivity contribution < 1.29 is 0 Å². The minimum absolute atomic E-state index is 0.749. The molecular weight excluding hydrogens is 372 g/mol. The first-order valence-corrected chi connectivity index (χ1v) is 8.65. The topological polar surface area (TPSA) is 50.7 Å². The van der Waals surface area contributed by atoms with E-state index in [-0.39, 0.29) is 0 Å². The Morgan fingerprint density at radius 1 is 0.957 bits per heavy atom. The number of halogens is 1. The Hall–Kier alpha value is -2.31. The van der Waals surface area contributed by atoms with Gasteiger partial charge < -0.3 is 5.32 Å². The Morgan fingerprint density at radius 2 is 1.83 bits per heavy atom. The van der Waals surface area contributed by atoms with Crippen LogP contribution in [0.15, 0.2) is 64.8 Å². The number of fused-ring (bicyclic) bond motifs is 1. The molecule has 0 aliphatic carbocycles. The Bertz CT molecular complexity index is 951. The van der Waals surface area contributed by atoms with E-state index in [0.717, 1.165) is 37.5 Å². The zero-order valence-electron chi connectivity index (χ0n) is 11.9. The zero-order valence-corrected chi connectivity index (χ0v) is 14.3. The molecule has 1 aromatic carbocycles. The molecule has 0 spiro atoms. The van der Waals surface area contributed by atoms with Crippen LogP contribution in [0, 0.1) is 0 Å². The number of hydrogen-bond acceptors (Lipinski definition) is 5. The number of rotatable bonds is 3. The Morgan fingerprint density at radius 3 is 2.61 bits per heavy atom. The number of benzene rings is 1. The van der Waals surface area contributed by atoms with Crippen molar-refractivity contribution >= 4 is 49.1 Å². The molecule has 3 heterocycles. The lowest BCUT2D eigenvalue weighted by Gasteiger charge is -2.07. The van der Waals surface area contributed by atoms with Crippen molar-refractivity contribution in [1.29, 1.82) is 0 Å². The fourth-order valence-electron chi connectivity index (χ4n) is 2.37. The van der Waals surface area contributed by atoms with Gasteiger partial charge in [-0.3, -0.25) is 0 Å². The zero-order chi connectivity index (χ0) is 15.6. The van der Waals surface area contributed by atoms with Gasteiger partial charge in [-0.1, -0.05) is 30.3 Å². The number of pyridine rings is 1. The number of nitrogens with one attached hydrogen (secondary N) is 1. The average molecular weight is 383 g/mol. The minimum atomic E-state index is 0.749. The van der Waals surface area contributed by atoms with Gasteiger partial charge in [0.05, 0.1) is 5.39 Å². The smallest absolute Gasteiger partial charge is 0.144 e. The molecule has 0 fully saturated rings. The molecule has 0 saturated carbocycles. The molecule has 4 nitrogen and oxygen atoms in total. The second kappa shape index (κ2) is 6.06. The van der Waals surface area contributed by atoms with Crippen molar-refractivity contribution in [1.82, 2.24) is 15.0 Å². The minimum Gasteiger partial charge on any atom is -0.324 e. The predicted molar refractivity (Wildman–Crippen MR) is 98.1 cm³/mol. The summed E-state index contributed by atoms with van der Waals surface area (Å²) in [6, 6.07) is 14.1. The standard InChI is InChI=1S/C17H11BrN4S/c18-12-6-7-14(19-8-12)22-16-15-13(11-4-2-1-3-5-11)9-23-17(15)21-10-20-16/h1-10H,(H,19,20,21,22). The van der Waals surface area contributed by atoms with Crippen molar-refractivity contribution in [2.75, 3.05) is 5.32 Å². The van der Waals surface area contributed by atoms with E-state index in [0.29, 0.717) is 0 Å². The molecule has 23 heavy (non-hydrogen) atoms. The van der Waals surface area contributed by atoms with Gasteiger partial charge in [0, 0.05) is 21.6 Å². The van der Waals surface area contributed by atoms with E-state index in [4.69, 9.17) is 0 Å². The fourth-order valence-corrected chi connectivity index (χ4v) is 3.52. The molecule has 0 aliphatic rings. The summed E-state index contributed by atoms with van der Waals surface area (Å²) in [5.41, 5.74) is 2.28. The highest BCUT2D eigenvalue weighted by molar-refractivity contribution is 9.10. The quantitative estimate of drug-likeness (QED) is 0.524. The molecule has 0 radical (unpaired) electrons. The molecule has 0 bridgehead atoms. The monoisotopic (exact) mass is 382 g/mol. The van der Waals surface area contributed by atoms with E-state index in [1.54, 1.807) is 23.9 Å². The molecule has 0 unspecified atom stereocenters. The molecule has 0 aliphatic heterocycles. The maximum atomic E-state index is 4.42. The van der Waals surface area contributed by atoms with Crippen LogP contribution >= 0.6 is 27.3 Å². The lowest BCUT2D eigenvalue weighted by Crippen LogP contribution is -1.97. The normalized spacial score (nSPS) is 10.8. The van der Waals surface area contributed by atoms with Crippen LogP contribution in [-0.2, 0) is 0 Å². The molecular formula is C17H11BrN4S. The maximum Gasteiger partial charge on any atom is 0.144 e. The summed E-state index contributed by atoms with van der Waals surface area (Å²) in [6.07, 6.45) is 3.33. The third kappa shape index (κ3) is 2.83. The van der Waals surface area contributed by atoms with E-state index in [1.165, 1.54) is 0 Å². The van der Waals surface area contributed by atoms with Crippen LogP contribution in [0.25, 0.3) is 21.3 Å². The van der Waals surface area contributed by atoms with Crippen LogP contribution in [0.4, 0.5) is 11.6 Å². The van der Waals surface area contributed by atoms with Gasteiger partial charge in [0.1, 0.15) is 22.8 Å². The van der Waals surface area contributed by atoms with E-state index < -0.39 is 0 Å². The second-order valence-electron chi connectivity index (χ2n) is 4.90. The van der Waals surface area contributed by atoms with Gasteiger partial charge in [0.25, 0.3) is 0 Å². The molecule has 3 aromatic heterocycles. The molecule has 0 atom stereocenters. The average Bonchev–Trinajstić information content (AvgIpc) is 3.03. The highest BCUT2D eigenvalue weighted by atomic mass is 79.9. The van der Waals surface area contributed by atoms with Crippen LogP contribution in [-0.4, -0.2) is 15.0 Å². The van der Waals surface area contributed by atoms with Crippen molar-refractivity contribution in [2.24, 2.45) is 0 Å². The summed E-state index contributed by atoms with van der Waals surface area (Å²) < 4.78 is 0.941. The lowest BCUT2D eigenvalue weighted by molar-refractivity contribution is 1.21. The first-order valence-electron chi connectivity index (χ1n) is 6.97. The van der Waals surface area contributed by atoms with Gasteiger partial charge in [-0.15, -0.1) is 11.3 Å². The van der Waals surface area contributed by atoms with Crippen molar-refractivity contribution in [2.45, 2.75) is 0 Å². The van der Waals surface area contributed by atoms with Gasteiger partial charge in [-0.2, -0.15) is 0 Å². The lowest BCUT2D eigenvalue weighted by atomic mass is 10.1. The molecule has 4 rings (SSSR count). The summed E-state index contributed by atoms with van der Waals surface area (Å²) in [7, 11) is 0. The molecule has 0 saturated heterocycles. The van der Waals surface area contributed by atoms with Crippen LogP contribution in [0.5, 0.6) is 0 Å². The van der Waals surface area contributed by atoms with Gasteiger partial charge in [0.2, 0.25) is 0 Å². The SMILES string of the molecule is Brc1ccc(Nc2ncnc3scc(-c4ccccc4)c23)nc1. The first kappa shape index (κ1) is 14.3. The van der Waals surface area contributed by atoms with Crippen LogP contribution in [0.2, 0.25) is 0 Å². The number of thiophene rings is 1. The van der Waals surface area contributed by atoms with E-state index in [1.807, 2.05) is 30.3 Å². The van der Waals surface area contributed by atoms with Crippen molar-refractivity contribution in [3.05, 3.63) is 64.8 Å². The van der Waals surface area contributed by atoms with Crippen LogP contribution in [0.1, 0.15) is 0 Å². The summed E-state index contributed by atoms with van der Waals surface area (Å²) in [4.78, 5) is 14.1. The van der Waals surface area contributed by atoms with Crippen LogP contribution < -0.4 is 5.32 Å². The third-order valence-electron chi connectivity index (χ3n) is 3.43. The van der Waals surface area contributed by atoms with Gasteiger partial charge in [0.15, 0.2) is 0 Å². The van der Waals surface area contributed by atoms with Gasteiger partial charge in [-0.25, -0.2) is 15.0 Å². The highest BCUT2D eigenvalue weighted by Crippen LogP contribution is 2.37. The second-order valence-corrected chi connectivity index (χ2v) is 6.68. The third-order valence-corrected chi connectivity index (χ3v) is 4.78. The van der Waals surface area contributed by atoms with Gasteiger partial charge in [-0.05, 0) is 33.6 Å². The van der Waals surface area contributed by atoms with E-state index in [2.05, 4.69) is 53.7 Å². The predicted octanol–water partition coefficient (Wildman–Crippen LogP) is 5.26. The fraction of sp³-hybridized carbons (Fsp3) is 0. The summed E-state index contributed by atoms with van der Waals surface area (Å²) in [6.45, 7) is 0. The van der Waals surface area contributed by atoms with E-state index >= 15 is 0 Å². The highest BCUT2D eigenvalue weighted by Gasteiger charge is 2.13. The molecule has 0 amide bonds.